The number of halogens is 1. The molecule has 1 N–H and O–H groups in total. The summed E-state index contributed by atoms with van der Waals surface area (Å²) in [4.78, 5) is 32.1. The van der Waals surface area contributed by atoms with E-state index < -0.39 is 0 Å². The third-order valence-electron chi connectivity index (χ3n) is 4.97. The van der Waals surface area contributed by atoms with Gasteiger partial charge in [-0.1, -0.05) is 29.3 Å². The Labute approximate surface area is 162 Å². The second-order valence-corrected chi connectivity index (χ2v) is 7.30. The lowest BCUT2D eigenvalue weighted by Crippen LogP contribution is -2.50. The van der Waals surface area contributed by atoms with Crippen LogP contribution in [0.5, 0.6) is 0 Å². The van der Waals surface area contributed by atoms with Crippen LogP contribution in [0.3, 0.4) is 0 Å². The monoisotopic (exact) mass is 381 g/mol. The summed E-state index contributed by atoms with van der Waals surface area (Å²) in [6, 6.07) is 14.9. The summed E-state index contributed by atoms with van der Waals surface area (Å²) in [5.74, 6) is -0.0351. The first-order chi connectivity index (χ1) is 13.0. The zero-order chi connectivity index (χ0) is 19.0. The molecule has 3 aromatic rings. The molecule has 1 saturated heterocycles. The average molecular weight is 382 g/mol. The maximum atomic E-state index is 12.8. The van der Waals surface area contributed by atoms with Gasteiger partial charge in [0.15, 0.2) is 0 Å². The summed E-state index contributed by atoms with van der Waals surface area (Å²) in [5.41, 5.74) is 3.25. The summed E-state index contributed by atoms with van der Waals surface area (Å²) in [5, 5.41) is 1.56. The number of nitrogens with zero attached hydrogens (tertiary/aromatic N) is 2. The highest BCUT2D eigenvalue weighted by Crippen LogP contribution is 2.21. The normalized spacial score (nSPS) is 14.6. The van der Waals surface area contributed by atoms with Crippen molar-refractivity contribution in [2.75, 3.05) is 26.2 Å². The second-order valence-electron chi connectivity index (χ2n) is 6.87. The van der Waals surface area contributed by atoms with Crippen molar-refractivity contribution in [1.29, 1.82) is 0 Å². The molecule has 1 aromatic heterocycles. The van der Waals surface area contributed by atoms with Crippen molar-refractivity contribution < 1.29 is 9.59 Å². The van der Waals surface area contributed by atoms with Gasteiger partial charge in [0.1, 0.15) is 5.69 Å². The molecule has 0 saturated carbocycles. The van der Waals surface area contributed by atoms with E-state index in [1.54, 1.807) is 15.9 Å². The summed E-state index contributed by atoms with van der Waals surface area (Å²) < 4.78 is 0. The first kappa shape index (κ1) is 17.6. The number of fused-ring (bicyclic) bond motifs is 1. The molecule has 1 fully saturated rings. The quantitative estimate of drug-likeness (QED) is 0.735. The van der Waals surface area contributed by atoms with Crippen molar-refractivity contribution in [3.8, 4) is 0 Å². The van der Waals surface area contributed by atoms with Crippen LogP contribution in [-0.4, -0.2) is 52.8 Å². The lowest BCUT2D eigenvalue weighted by Gasteiger charge is -2.34. The van der Waals surface area contributed by atoms with Crippen LogP contribution < -0.4 is 0 Å². The minimum atomic E-state index is -0.0512. The molecule has 2 heterocycles. The molecule has 0 radical (unpaired) electrons. The van der Waals surface area contributed by atoms with Crippen molar-refractivity contribution in [1.82, 2.24) is 14.8 Å². The van der Waals surface area contributed by atoms with Gasteiger partial charge >= 0.3 is 0 Å². The van der Waals surface area contributed by atoms with E-state index in [1.807, 2.05) is 49.4 Å². The van der Waals surface area contributed by atoms with Gasteiger partial charge in [-0.15, -0.1) is 0 Å². The highest BCUT2D eigenvalue weighted by Gasteiger charge is 2.26. The molecule has 6 heteroatoms. The van der Waals surface area contributed by atoms with E-state index in [-0.39, 0.29) is 11.8 Å². The number of benzene rings is 2. The topological polar surface area (TPSA) is 56.4 Å². The van der Waals surface area contributed by atoms with Gasteiger partial charge < -0.3 is 14.8 Å². The molecule has 0 bridgehead atoms. The van der Waals surface area contributed by atoms with Crippen molar-refractivity contribution in [3.63, 3.8) is 0 Å². The minimum absolute atomic E-state index is 0.0161. The number of carbonyl (C=O) groups is 2. The molecule has 1 aliphatic heterocycles. The third-order valence-corrected chi connectivity index (χ3v) is 5.20. The first-order valence-corrected chi connectivity index (χ1v) is 9.32. The van der Waals surface area contributed by atoms with E-state index in [2.05, 4.69) is 4.98 Å². The zero-order valence-electron chi connectivity index (χ0n) is 15.0. The molecule has 138 valence electrons. The number of carbonyl (C=O) groups excluding carboxylic acids is 2. The van der Waals surface area contributed by atoms with E-state index in [0.717, 1.165) is 16.5 Å². The van der Waals surface area contributed by atoms with E-state index in [9.17, 15) is 9.59 Å². The van der Waals surface area contributed by atoms with Crippen LogP contribution in [0.1, 0.15) is 26.4 Å². The molecule has 2 aromatic carbocycles. The molecule has 5 nitrogen and oxygen atoms in total. The molecule has 2 amide bonds. The molecule has 4 rings (SSSR count). The molecular formula is C21H20ClN3O2. The first-order valence-electron chi connectivity index (χ1n) is 8.95. The molecule has 0 spiro atoms. The lowest BCUT2D eigenvalue weighted by molar-refractivity contribution is 0.0533. The van der Waals surface area contributed by atoms with Gasteiger partial charge in [-0.25, -0.2) is 0 Å². The molecule has 27 heavy (non-hydrogen) atoms. The standard InChI is InChI=1S/C21H20ClN3O2/c1-14-2-4-15(5-3-14)20(26)24-8-10-25(11-9-24)21(27)19-13-16-12-17(22)6-7-18(16)23-19/h2-7,12-13,23H,8-11H2,1H3. The number of aryl methyl sites for hydroxylation is 1. The third kappa shape index (κ3) is 3.55. The smallest absolute Gasteiger partial charge is 0.270 e. The second kappa shape index (κ2) is 7.08. The highest BCUT2D eigenvalue weighted by atomic mass is 35.5. The van der Waals surface area contributed by atoms with Gasteiger partial charge in [-0.3, -0.25) is 9.59 Å². The molecule has 0 atom stereocenters. The Balaban J connectivity index is 1.42. The van der Waals surface area contributed by atoms with Gasteiger partial charge in [0, 0.05) is 47.7 Å². The van der Waals surface area contributed by atoms with Gasteiger partial charge in [-0.05, 0) is 43.3 Å². The lowest BCUT2D eigenvalue weighted by atomic mass is 10.1. The average Bonchev–Trinajstić information content (AvgIpc) is 3.11. The van der Waals surface area contributed by atoms with Crippen LogP contribution in [0.15, 0.2) is 48.5 Å². The number of rotatable bonds is 2. The minimum Gasteiger partial charge on any atom is -0.351 e. The number of H-pyrrole nitrogens is 1. The number of hydrogen-bond donors (Lipinski definition) is 1. The van der Waals surface area contributed by atoms with E-state index in [1.165, 1.54) is 0 Å². The number of amides is 2. The van der Waals surface area contributed by atoms with E-state index >= 15 is 0 Å². The Hall–Kier alpha value is -2.79. The SMILES string of the molecule is Cc1ccc(C(=O)N2CCN(C(=O)c3cc4cc(Cl)ccc4[nH]3)CC2)cc1. The Kier molecular flexibility index (Phi) is 4.62. The number of piperazine rings is 1. The van der Waals surface area contributed by atoms with Gasteiger partial charge in [0.2, 0.25) is 0 Å². The number of aromatic amines is 1. The van der Waals surface area contributed by atoms with Crippen LogP contribution >= 0.6 is 11.6 Å². The number of nitrogens with one attached hydrogen (secondary N) is 1. The molecule has 1 aliphatic rings. The zero-order valence-corrected chi connectivity index (χ0v) is 15.8. The van der Waals surface area contributed by atoms with Crippen molar-refractivity contribution in [3.05, 3.63) is 70.4 Å². The maximum absolute atomic E-state index is 12.8. The van der Waals surface area contributed by atoms with Crippen LogP contribution in [0.25, 0.3) is 10.9 Å². The maximum Gasteiger partial charge on any atom is 0.270 e. The van der Waals surface area contributed by atoms with Crippen LogP contribution in [0, 0.1) is 6.92 Å². The fourth-order valence-electron chi connectivity index (χ4n) is 3.38. The van der Waals surface area contributed by atoms with Crippen molar-refractivity contribution >= 4 is 34.3 Å². The Morgan fingerprint density at radius 1 is 0.889 bits per heavy atom. The predicted molar refractivity (Wildman–Crippen MR) is 106 cm³/mol. The van der Waals surface area contributed by atoms with Gasteiger partial charge in [0.25, 0.3) is 11.8 Å². The molecule has 0 unspecified atom stereocenters. The van der Waals surface area contributed by atoms with Crippen molar-refractivity contribution in [2.24, 2.45) is 0 Å². The summed E-state index contributed by atoms with van der Waals surface area (Å²) in [6.45, 7) is 4.10. The Bertz CT molecular complexity index is 1000. The largest absolute Gasteiger partial charge is 0.351 e. The summed E-state index contributed by atoms with van der Waals surface area (Å²) in [7, 11) is 0. The van der Waals surface area contributed by atoms with Gasteiger partial charge in [-0.2, -0.15) is 0 Å². The Morgan fingerprint density at radius 3 is 2.19 bits per heavy atom. The fraction of sp³-hybridized carbons (Fsp3) is 0.238. The van der Waals surface area contributed by atoms with Crippen LogP contribution in [0.4, 0.5) is 0 Å². The number of aromatic nitrogens is 1. The molecule has 0 aliphatic carbocycles. The Morgan fingerprint density at radius 2 is 1.52 bits per heavy atom. The number of hydrogen-bond acceptors (Lipinski definition) is 2. The van der Waals surface area contributed by atoms with Crippen LogP contribution in [0.2, 0.25) is 5.02 Å². The predicted octanol–water partition coefficient (Wildman–Crippen LogP) is 3.73. The van der Waals surface area contributed by atoms with E-state index in [4.69, 9.17) is 11.6 Å². The van der Waals surface area contributed by atoms with Crippen molar-refractivity contribution in [2.45, 2.75) is 6.92 Å². The van der Waals surface area contributed by atoms with Gasteiger partial charge in [0.05, 0.1) is 0 Å². The van der Waals surface area contributed by atoms with Crippen LogP contribution in [-0.2, 0) is 0 Å². The molecular weight excluding hydrogens is 362 g/mol. The van der Waals surface area contributed by atoms with E-state index in [0.29, 0.717) is 42.5 Å². The fourth-order valence-corrected chi connectivity index (χ4v) is 3.56. The summed E-state index contributed by atoms with van der Waals surface area (Å²) in [6.07, 6.45) is 0. The summed E-state index contributed by atoms with van der Waals surface area (Å²) >= 11 is 6.01. The highest BCUT2D eigenvalue weighted by molar-refractivity contribution is 6.31.